The molecule has 0 fully saturated rings. The molecule has 1 rings (SSSR count). The molecule has 4 N–H and O–H groups in total. The summed E-state index contributed by atoms with van der Waals surface area (Å²) >= 11 is 0. The van der Waals surface area contributed by atoms with Gasteiger partial charge in [0.15, 0.2) is 0 Å². The van der Waals surface area contributed by atoms with Crippen LogP contribution >= 0.6 is 0 Å². The lowest BCUT2D eigenvalue weighted by atomic mass is 10.0. The first-order valence-electron chi connectivity index (χ1n) is 6.37. The molecule has 2 unspecified atom stereocenters. The van der Waals surface area contributed by atoms with Crippen LogP contribution in [0, 0.1) is 0 Å². The molecule has 0 aromatic heterocycles. The van der Waals surface area contributed by atoms with Crippen molar-refractivity contribution in [2.75, 3.05) is 20.3 Å². The van der Waals surface area contributed by atoms with Crippen molar-refractivity contribution in [1.29, 1.82) is 0 Å². The minimum atomic E-state index is -0.321. The first-order chi connectivity index (χ1) is 9.17. The smallest absolute Gasteiger partial charge is 0.222 e. The van der Waals surface area contributed by atoms with Gasteiger partial charge in [0.2, 0.25) is 5.91 Å². The Kier molecular flexibility index (Phi) is 7.10. The number of amides is 1. The predicted octanol–water partition coefficient (Wildman–Crippen LogP) is 0.590. The number of methoxy groups -OCH3 is 1. The molecule has 0 radical (unpaired) electrons. The fraction of sp³-hybridized carbons (Fsp3) is 0.500. The summed E-state index contributed by atoms with van der Waals surface area (Å²) in [7, 11) is 1.56. The quantitative estimate of drug-likeness (QED) is 0.643. The van der Waals surface area contributed by atoms with Gasteiger partial charge in [-0.2, -0.15) is 0 Å². The van der Waals surface area contributed by atoms with E-state index in [1.807, 2.05) is 30.3 Å². The van der Waals surface area contributed by atoms with Gasteiger partial charge in [-0.15, -0.1) is 0 Å². The summed E-state index contributed by atoms with van der Waals surface area (Å²) in [5, 5.41) is 11.7. The molecule has 0 aliphatic carbocycles. The van der Waals surface area contributed by atoms with E-state index in [1.165, 1.54) is 0 Å². The normalized spacial score (nSPS) is 13.8. The molecule has 0 saturated carbocycles. The van der Waals surface area contributed by atoms with Crippen molar-refractivity contribution in [3.63, 3.8) is 0 Å². The highest BCUT2D eigenvalue weighted by Gasteiger charge is 2.15. The Morgan fingerprint density at radius 3 is 2.68 bits per heavy atom. The van der Waals surface area contributed by atoms with Crippen LogP contribution in [-0.4, -0.2) is 37.4 Å². The zero-order chi connectivity index (χ0) is 14.1. The maximum absolute atomic E-state index is 11.9. The third-order valence-corrected chi connectivity index (χ3v) is 2.84. The van der Waals surface area contributed by atoms with Gasteiger partial charge in [0.1, 0.15) is 0 Å². The molecule has 106 valence electrons. The molecule has 0 spiro atoms. The van der Waals surface area contributed by atoms with Crippen LogP contribution in [0.5, 0.6) is 0 Å². The number of nitrogens with two attached hydrogens (primary N) is 1. The van der Waals surface area contributed by atoms with E-state index >= 15 is 0 Å². The standard InChI is InChI=1S/C14H22N2O3/c1-19-10-12(7-8-17)16-14(18)9-13(15)11-5-3-2-4-6-11/h2-6,12-13,17H,7-10,15H2,1H3,(H,16,18). The Balaban J connectivity index is 2.45. The number of aliphatic hydroxyl groups is 1. The molecule has 1 amide bonds. The maximum atomic E-state index is 11.9. The van der Waals surface area contributed by atoms with Crippen molar-refractivity contribution in [1.82, 2.24) is 5.32 Å². The number of carbonyl (C=O) groups excluding carboxylic acids is 1. The highest BCUT2D eigenvalue weighted by molar-refractivity contribution is 5.77. The van der Waals surface area contributed by atoms with Gasteiger partial charge in [-0.1, -0.05) is 30.3 Å². The van der Waals surface area contributed by atoms with Gasteiger partial charge >= 0.3 is 0 Å². The third kappa shape index (κ3) is 5.83. The van der Waals surface area contributed by atoms with Crippen LogP contribution in [0.2, 0.25) is 0 Å². The number of carbonyl (C=O) groups is 1. The van der Waals surface area contributed by atoms with Crippen molar-refractivity contribution in [2.24, 2.45) is 5.73 Å². The SMILES string of the molecule is COCC(CCO)NC(=O)CC(N)c1ccccc1. The van der Waals surface area contributed by atoms with E-state index in [0.717, 1.165) is 5.56 Å². The lowest BCUT2D eigenvalue weighted by molar-refractivity contribution is -0.122. The van der Waals surface area contributed by atoms with Gasteiger partial charge in [0, 0.05) is 26.2 Å². The summed E-state index contributed by atoms with van der Waals surface area (Å²) in [5.74, 6) is -0.133. The van der Waals surface area contributed by atoms with Crippen LogP contribution < -0.4 is 11.1 Å². The van der Waals surface area contributed by atoms with Gasteiger partial charge in [0.25, 0.3) is 0 Å². The summed E-state index contributed by atoms with van der Waals surface area (Å²) in [6.45, 7) is 0.395. The van der Waals surface area contributed by atoms with E-state index in [9.17, 15) is 4.79 Å². The van der Waals surface area contributed by atoms with Crippen LogP contribution in [0.25, 0.3) is 0 Å². The van der Waals surface area contributed by atoms with Crippen LogP contribution in [0.1, 0.15) is 24.4 Å². The summed E-state index contributed by atoms with van der Waals surface area (Å²) in [4.78, 5) is 11.9. The Morgan fingerprint density at radius 1 is 1.42 bits per heavy atom. The molecule has 5 nitrogen and oxygen atoms in total. The average Bonchev–Trinajstić information content (AvgIpc) is 2.40. The van der Waals surface area contributed by atoms with Crippen LogP contribution in [0.4, 0.5) is 0 Å². The predicted molar refractivity (Wildman–Crippen MR) is 73.5 cm³/mol. The minimum absolute atomic E-state index is 0.0129. The molecule has 1 aromatic rings. The number of ether oxygens (including phenoxy) is 1. The van der Waals surface area contributed by atoms with Crippen LogP contribution in [0.3, 0.4) is 0 Å². The molecule has 0 heterocycles. The number of hydrogen-bond donors (Lipinski definition) is 3. The van der Waals surface area contributed by atoms with E-state index in [4.69, 9.17) is 15.6 Å². The van der Waals surface area contributed by atoms with Gasteiger partial charge < -0.3 is 20.9 Å². The molecule has 0 aliphatic rings. The number of hydrogen-bond acceptors (Lipinski definition) is 4. The van der Waals surface area contributed by atoms with Crippen molar-refractivity contribution in [2.45, 2.75) is 24.9 Å². The molecule has 0 bridgehead atoms. The lowest BCUT2D eigenvalue weighted by Gasteiger charge is -2.18. The molecular weight excluding hydrogens is 244 g/mol. The summed E-state index contributed by atoms with van der Waals surface area (Å²) in [6, 6.07) is 9.01. The second-order valence-electron chi connectivity index (χ2n) is 4.45. The van der Waals surface area contributed by atoms with E-state index in [2.05, 4.69) is 5.32 Å². The molecule has 0 saturated heterocycles. The zero-order valence-corrected chi connectivity index (χ0v) is 11.2. The lowest BCUT2D eigenvalue weighted by Crippen LogP contribution is -2.39. The third-order valence-electron chi connectivity index (χ3n) is 2.84. The second-order valence-corrected chi connectivity index (χ2v) is 4.45. The highest BCUT2D eigenvalue weighted by atomic mass is 16.5. The zero-order valence-electron chi connectivity index (χ0n) is 11.2. The summed E-state index contributed by atoms with van der Waals surface area (Å²) < 4.78 is 4.99. The fourth-order valence-corrected chi connectivity index (χ4v) is 1.86. The van der Waals surface area contributed by atoms with E-state index in [1.54, 1.807) is 7.11 Å². The number of benzene rings is 1. The first kappa shape index (κ1) is 15.6. The van der Waals surface area contributed by atoms with Gasteiger partial charge in [0.05, 0.1) is 12.6 Å². The Morgan fingerprint density at radius 2 is 2.11 bits per heavy atom. The molecule has 19 heavy (non-hydrogen) atoms. The summed E-state index contributed by atoms with van der Waals surface area (Å²) in [5.41, 5.74) is 6.91. The van der Waals surface area contributed by atoms with Crippen molar-refractivity contribution in [3.8, 4) is 0 Å². The van der Waals surface area contributed by atoms with Crippen molar-refractivity contribution >= 4 is 5.91 Å². The van der Waals surface area contributed by atoms with E-state index in [0.29, 0.717) is 13.0 Å². The maximum Gasteiger partial charge on any atom is 0.222 e. The molecule has 0 aliphatic heterocycles. The van der Waals surface area contributed by atoms with Crippen LogP contribution in [-0.2, 0) is 9.53 Å². The molecular formula is C14H22N2O3. The monoisotopic (exact) mass is 266 g/mol. The first-order valence-corrected chi connectivity index (χ1v) is 6.37. The molecule has 1 aromatic carbocycles. The largest absolute Gasteiger partial charge is 0.396 e. The van der Waals surface area contributed by atoms with Gasteiger partial charge in [-0.05, 0) is 12.0 Å². The van der Waals surface area contributed by atoms with Crippen LogP contribution in [0.15, 0.2) is 30.3 Å². The average molecular weight is 266 g/mol. The molecule has 5 heteroatoms. The fourth-order valence-electron chi connectivity index (χ4n) is 1.86. The minimum Gasteiger partial charge on any atom is -0.396 e. The number of rotatable bonds is 8. The second kappa shape index (κ2) is 8.63. The number of nitrogens with one attached hydrogen (secondary N) is 1. The topological polar surface area (TPSA) is 84.6 Å². The highest BCUT2D eigenvalue weighted by Crippen LogP contribution is 2.13. The number of aliphatic hydroxyl groups excluding tert-OH is 1. The van der Waals surface area contributed by atoms with Gasteiger partial charge in [-0.25, -0.2) is 0 Å². The Bertz CT molecular complexity index is 364. The van der Waals surface area contributed by atoms with E-state index < -0.39 is 0 Å². The van der Waals surface area contributed by atoms with E-state index in [-0.39, 0.29) is 31.0 Å². The molecule has 2 atom stereocenters. The Labute approximate surface area is 113 Å². The Hall–Kier alpha value is -1.43. The van der Waals surface area contributed by atoms with Gasteiger partial charge in [-0.3, -0.25) is 4.79 Å². The van der Waals surface area contributed by atoms with Crippen molar-refractivity contribution in [3.05, 3.63) is 35.9 Å². The summed E-state index contributed by atoms with van der Waals surface area (Å²) in [6.07, 6.45) is 0.690. The van der Waals surface area contributed by atoms with Crippen molar-refractivity contribution < 1.29 is 14.6 Å².